The molecule has 0 aromatic rings. The zero-order chi connectivity index (χ0) is 14.4. The van der Waals surface area contributed by atoms with Crippen LogP contribution >= 0.6 is 0 Å². The summed E-state index contributed by atoms with van der Waals surface area (Å²) in [7, 11) is 1.62. The number of nitrogens with zero attached hydrogens (tertiary/aromatic N) is 1. The van der Waals surface area contributed by atoms with Crippen molar-refractivity contribution in [3.05, 3.63) is 0 Å². The van der Waals surface area contributed by atoms with Gasteiger partial charge >= 0.3 is 0 Å². The number of ether oxygens (including phenoxy) is 2. The Hall–Kier alpha value is -0.200. The van der Waals surface area contributed by atoms with Crippen molar-refractivity contribution in [2.45, 2.75) is 44.4 Å². The lowest BCUT2D eigenvalue weighted by Gasteiger charge is -2.38. The van der Waals surface area contributed by atoms with Crippen LogP contribution in [0.2, 0.25) is 0 Å². The second-order valence-corrected chi connectivity index (χ2v) is 6.28. The SMILES string of the molecule is COCC(O)CNC1CCN(CC2CCCO2)CC1C. The summed E-state index contributed by atoms with van der Waals surface area (Å²) >= 11 is 0. The zero-order valence-electron chi connectivity index (χ0n) is 12.9. The minimum absolute atomic E-state index is 0.402. The minimum Gasteiger partial charge on any atom is -0.389 e. The Balaban J connectivity index is 1.66. The highest BCUT2D eigenvalue weighted by Gasteiger charge is 2.28. The number of methoxy groups -OCH3 is 1. The second-order valence-electron chi connectivity index (χ2n) is 6.28. The van der Waals surface area contributed by atoms with Crippen molar-refractivity contribution in [2.75, 3.05) is 46.5 Å². The predicted octanol–water partition coefficient (Wildman–Crippen LogP) is 0.473. The van der Waals surface area contributed by atoms with E-state index in [2.05, 4.69) is 17.1 Å². The smallest absolute Gasteiger partial charge is 0.0897 e. The van der Waals surface area contributed by atoms with Crippen molar-refractivity contribution in [3.63, 3.8) is 0 Å². The molecule has 4 atom stereocenters. The van der Waals surface area contributed by atoms with Crippen LogP contribution in [0.3, 0.4) is 0 Å². The molecule has 2 N–H and O–H groups in total. The van der Waals surface area contributed by atoms with E-state index in [0.717, 1.165) is 32.7 Å². The fourth-order valence-electron chi connectivity index (χ4n) is 3.32. The van der Waals surface area contributed by atoms with Crippen LogP contribution in [-0.4, -0.2) is 74.8 Å². The number of likely N-dealkylation sites (tertiary alicyclic amines) is 1. The predicted molar refractivity (Wildman–Crippen MR) is 78.9 cm³/mol. The summed E-state index contributed by atoms with van der Waals surface area (Å²) in [6.07, 6.45) is 3.63. The topological polar surface area (TPSA) is 54.0 Å². The molecule has 5 nitrogen and oxygen atoms in total. The van der Waals surface area contributed by atoms with Crippen molar-refractivity contribution in [1.29, 1.82) is 0 Å². The van der Waals surface area contributed by atoms with Crippen LogP contribution in [-0.2, 0) is 9.47 Å². The second kappa shape index (κ2) is 8.29. The molecule has 0 spiro atoms. The maximum atomic E-state index is 9.69. The molecule has 2 aliphatic rings. The van der Waals surface area contributed by atoms with Crippen LogP contribution in [0.1, 0.15) is 26.2 Å². The maximum absolute atomic E-state index is 9.69. The number of piperidine rings is 1. The van der Waals surface area contributed by atoms with Crippen LogP contribution < -0.4 is 5.32 Å². The normalized spacial score (nSPS) is 33.5. The van der Waals surface area contributed by atoms with Gasteiger partial charge in [0.1, 0.15) is 0 Å². The van der Waals surface area contributed by atoms with Crippen molar-refractivity contribution in [2.24, 2.45) is 5.92 Å². The van der Waals surface area contributed by atoms with Gasteiger partial charge in [0.25, 0.3) is 0 Å². The highest BCUT2D eigenvalue weighted by Crippen LogP contribution is 2.20. The molecule has 0 bridgehead atoms. The van der Waals surface area contributed by atoms with Crippen molar-refractivity contribution >= 4 is 0 Å². The molecule has 0 saturated carbocycles. The van der Waals surface area contributed by atoms with Gasteiger partial charge in [-0.25, -0.2) is 0 Å². The number of hydrogen-bond donors (Lipinski definition) is 2. The van der Waals surface area contributed by atoms with E-state index in [9.17, 15) is 5.11 Å². The van der Waals surface area contributed by atoms with E-state index in [1.54, 1.807) is 7.11 Å². The van der Waals surface area contributed by atoms with Gasteiger partial charge in [0.05, 0.1) is 18.8 Å². The molecule has 20 heavy (non-hydrogen) atoms. The van der Waals surface area contributed by atoms with Gasteiger partial charge in [0.15, 0.2) is 0 Å². The van der Waals surface area contributed by atoms with Crippen LogP contribution in [0.5, 0.6) is 0 Å². The molecule has 0 aromatic heterocycles. The van der Waals surface area contributed by atoms with Crippen LogP contribution in [0, 0.1) is 5.92 Å². The monoisotopic (exact) mass is 286 g/mol. The van der Waals surface area contributed by atoms with Gasteiger partial charge in [-0.15, -0.1) is 0 Å². The molecule has 2 aliphatic heterocycles. The van der Waals surface area contributed by atoms with E-state index in [0.29, 0.717) is 31.2 Å². The largest absolute Gasteiger partial charge is 0.389 e. The Labute approximate surface area is 122 Å². The minimum atomic E-state index is -0.405. The number of nitrogens with one attached hydrogen (secondary N) is 1. The average molecular weight is 286 g/mol. The number of hydrogen-bond acceptors (Lipinski definition) is 5. The van der Waals surface area contributed by atoms with E-state index >= 15 is 0 Å². The van der Waals surface area contributed by atoms with Gasteiger partial charge < -0.3 is 24.8 Å². The van der Waals surface area contributed by atoms with E-state index < -0.39 is 6.10 Å². The van der Waals surface area contributed by atoms with Crippen molar-refractivity contribution in [1.82, 2.24) is 10.2 Å². The molecule has 0 radical (unpaired) electrons. The first-order chi connectivity index (χ1) is 9.69. The Morgan fingerprint density at radius 3 is 2.95 bits per heavy atom. The third-order valence-corrected chi connectivity index (χ3v) is 4.45. The first kappa shape index (κ1) is 16.2. The summed E-state index contributed by atoms with van der Waals surface area (Å²) in [5, 5.41) is 13.2. The Morgan fingerprint density at radius 1 is 1.45 bits per heavy atom. The molecular weight excluding hydrogens is 256 g/mol. The lowest BCUT2D eigenvalue weighted by Crippen LogP contribution is -2.51. The quantitative estimate of drug-likeness (QED) is 0.713. The number of rotatable bonds is 7. The number of aliphatic hydroxyl groups is 1. The third-order valence-electron chi connectivity index (χ3n) is 4.45. The van der Waals surface area contributed by atoms with Crippen LogP contribution in [0.25, 0.3) is 0 Å². The molecule has 2 heterocycles. The molecule has 0 amide bonds. The first-order valence-corrected chi connectivity index (χ1v) is 7.93. The highest BCUT2D eigenvalue weighted by atomic mass is 16.5. The molecule has 0 aromatic carbocycles. The molecule has 4 unspecified atom stereocenters. The van der Waals surface area contributed by atoms with Crippen LogP contribution in [0.4, 0.5) is 0 Å². The molecule has 2 saturated heterocycles. The number of aliphatic hydroxyl groups excluding tert-OH is 1. The van der Waals surface area contributed by atoms with Gasteiger partial charge in [-0.2, -0.15) is 0 Å². The van der Waals surface area contributed by atoms with E-state index in [1.165, 1.54) is 12.8 Å². The fourth-order valence-corrected chi connectivity index (χ4v) is 3.32. The van der Waals surface area contributed by atoms with Gasteiger partial charge in [-0.3, -0.25) is 0 Å². The Kier molecular flexibility index (Phi) is 6.71. The van der Waals surface area contributed by atoms with Crippen LogP contribution in [0.15, 0.2) is 0 Å². The highest BCUT2D eigenvalue weighted by molar-refractivity contribution is 4.85. The van der Waals surface area contributed by atoms with E-state index in [4.69, 9.17) is 9.47 Å². The molecular formula is C15H30N2O3. The summed E-state index contributed by atoms with van der Waals surface area (Å²) in [6, 6.07) is 0.502. The van der Waals surface area contributed by atoms with E-state index in [-0.39, 0.29) is 0 Å². The zero-order valence-corrected chi connectivity index (χ0v) is 12.9. The Bertz CT molecular complexity index is 272. The summed E-state index contributed by atoms with van der Waals surface area (Å²) in [5.41, 5.74) is 0. The van der Waals surface area contributed by atoms with Crippen molar-refractivity contribution in [3.8, 4) is 0 Å². The first-order valence-electron chi connectivity index (χ1n) is 7.93. The fraction of sp³-hybridized carbons (Fsp3) is 1.00. The molecule has 5 heteroatoms. The van der Waals surface area contributed by atoms with E-state index in [1.807, 2.05) is 0 Å². The van der Waals surface area contributed by atoms with Gasteiger partial charge in [-0.1, -0.05) is 6.92 Å². The molecule has 2 fully saturated rings. The molecule has 118 valence electrons. The molecule has 0 aliphatic carbocycles. The summed E-state index contributed by atoms with van der Waals surface area (Å²) < 4.78 is 10.7. The third kappa shape index (κ3) is 4.97. The lowest BCUT2D eigenvalue weighted by atomic mass is 9.93. The standard InChI is InChI=1S/C15H30N2O3/c1-12-9-17(10-14-4-3-7-20-14)6-5-15(12)16-8-13(18)11-19-2/h12-16,18H,3-11H2,1-2H3. The van der Waals surface area contributed by atoms with Gasteiger partial charge in [0.2, 0.25) is 0 Å². The van der Waals surface area contributed by atoms with Gasteiger partial charge in [0, 0.05) is 39.4 Å². The summed E-state index contributed by atoms with van der Waals surface area (Å²) in [6.45, 7) is 7.59. The summed E-state index contributed by atoms with van der Waals surface area (Å²) in [4.78, 5) is 2.53. The summed E-state index contributed by atoms with van der Waals surface area (Å²) in [5.74, 6) is 0.611. The molecule has 2 rings (SSSR count). The Morgan fingerprint density at radius 2 is 2.30 bits per heavy atom. The van der Waals surface area contributed by atoms with Gasteiger partial charge in [-0.05, 0) is 31.7 Å². The average Bonchev–Trinajstić information content (AvgIpc) is 2.91. The van der Waals surface area contributed by atoms with Crippen molar-refractivity contribution < 1.29 is 14.6 Å². The lowest BCUT2D eigenvalue weighted by molar-refractivity contribution is 0.0421. The maximum Gasteiger partial charge on any atom is 0.0897 e.